The second-order valence-corrected chi connectivity index (χ2v) is 5.91. The third-order valence-electron chi connectivity index (χ3n) is 3.13. The molecule has 3 amide bonds. The molecule has 0 atom stereocenters. The van der Waals surface area contributed by atoms with Gasteiger partial charge in [0.1, 0.15) is 6.54 Å². The van der Waals surface area contributed by atoms with Crippen LogP contribution in [-0.4, -0.2) is 41.8 Å². The van der Waals surface area contributed by atoms with Crippen LogP contribution in [0.5, 0.6) is 0 Å². The molecule has 28 heavy (non-hydrogen) atoms. The first-order valence-electron chi connectivity index (χ1n) is 7.54. The molecule has 0 fully saturated rings. The maximum atomic E-state index is 11.9. The number of nitro groups is 1. The summed E-state index contributed by atoms with van der Waals surface area (Å²) in [4.78, 5) is 56.8. The molecule has 0 aliphatic heterocycles. The highest BCUT2D eigenvalue weighted by Crippen LogP contribution is 2.14. The second kappa shape index (κ2) is 9.41. The van der Waals surface area contributed by atoms with E-state index >= 15 is 0 Å². The Kier molecular flexibility index (Phi) is 6.98. The van der Waals surface area contributed by atoms with Crippen LogP contribution in [0.1, 0.15) is 20.9 Å². The highest BCUT2D eigenvalue weighted by atomic mass is 79.9. The molecule has 0 saturated heterocycles. The number of benzene rings is 1. The van der Waals surface area contributed by atoms with Crippen LogP contribution >= 0.6 is 15.9 Å². The SMILES string of the molecule is O=C(COC(=O)CNC(=O)c1ccc(Br)o1)NC(=O)c1cccc([N+](=O)[O-])c1. The van der Waals surface area contributed by atoms with Gasteiger partial charge in [-0.25, -0.2) is 0 Å². The van der Waals surface area contributed by atoms with Crippen LogP contribution in [0.2, 0.25) is 0 Å². The number of carbonyl (C=O) groups excluding carboxylic acids is 4. The predicted molar refractivity (Wildman–Crippen MR) is 95.3 cm³/mol. The van der Waals surface area contributed by atoms with Crippen molar-refractivity contribution in [1.82, 2.24) is 10.6 Å². The highest BCUT2D eigenvalue weighted by Gasteiger charge is 2.16. The predicted octanol–water partition coefficient (Wildman–Crippen LogP) is 1.18. The first-order chi connectivity index (χ1) is 13.3. The molecule has 0 aliphatic carbocycles. The Morgan fingerprint density at radius 3 is 2.54 bits per heavy atom. The summed E-state index contributed by atoms with van der Waals surface area (Å²) in [5.74, 6) is -3.43. The molecule has 11 nitrogen and oxygen atoms in total. The van der Waals surface area contributed by atoms with Gasteiger partial charge in [-0.05, 0) is 34.1 Å². The van der Waals surface area contributed by atoms with Gasteiger partial charge in [0, 0.05) is 17.7 Å². The van der Waals surface area contributed by atoms with Crippen LogP contribution in [0.15, 0.2) is 45.5 Å². The number of nitrogens with one attached hydrogen (secondary N) is 2. The quantitative estimate of drug-likeness (QED) is 0.359. The number of furan rings is 1. The molecule has 0 bridgehead atoms. The molecular weight excluding hydrogens is 442 g/mol. The molecule has 1 aromatic carbocycles. The molecular formula is C16H12BrN3O8. The number of amides is 3. The Morgan fingerprint density at radius 1 is 1.14 bits per heavy atom. The number of esters is 1. The number of hydrogen-bond acceptors (Lipinski definition) is 8. The van der Waals surface area contributed by atoms with Crippen LogP contribution in [0.4, 0.5) is 5.69 Å². The van der Waals surface area contributed by atoms with Gasteiger partial charge in [0.2, 0.25) is 0 Å². The largest absolute Gasteiger partial charge is 0.454 e. The molecule has 2 aromatic rings. The van der Waals surface area contributed by atoms with E-state index in [1.54, 1.807) is 0 Å². The zero-order valence-corrected chi connectivity index (χ0v) is 15.6. The number of non-ortho nitro benzene ring substituents is 1. The fraction of sp³-hybridized carbons (Fsp3) is 0.125. The van der Waals surface area contributed by atoms with Gasteiger partial charge in [-0.2, -0.15) is 0 Å². The smallest absolute Gasteiger partial charge is 0.325 e. The average molecular weight is 454 g/mol. The molecule has 1 heterocycles. The minimum absolute atomic E-state index is 0.0278. The van der Waals surface area contributed by atoms with E-state index in [4.69, 9.17) is 4.42 Å². The molecule has 146 valence electrons. The number of nitrogens with zero attached hydrogens (tertiary/aromatic N) is 1. The van der Waals surface area contributed by atoms with Crippen molar-refractivity contribution in [2.75, 3.05) is 13.2 Å². The molecule has 2 N–H and O–H groups in total. The van der Waals surface area contributed by atoms with Gasteiger partial charge in [-0.3, -0.25) is 34.6 Å². The first-order valence-corrected chi connectivity index (χ1v) is 8.33. The van der Waals surface area contributed by atoms with Crippen molar-refractivity contribution < 1.29 is 33.3 Å². The topological polar surface area (TPSA) is 158 Å². The Hall–Kier alpha value is -3.54. The maximum absolute atomic E-state index is 11.9. The standard InChI is InChI=1S/C16H12BrN3O8/c17-12-5-4-11(28-12)16(24)18-7-14(22)27-8-13(21)19-15(23)9-2-1-3-10(6-9)20(25)26/h1-6H,7-8H2,(H,18,24)(H,19,21,23). The third kappa shape index (κ3) is 6.02. The number of rotatable bonds is 7. The van der Waals surface area contributed by atoms with Crippen LogP contribution < -0.4 is 10.6 Å². The number of nitro benzene ring substituents is 1. The zero-order valence-electron chi connectivity index (χ0n) is 14.0. The summed E-state index contributed by atoms with van der Waals surface area (Å²) in [5.41, 5.74) is -0.420. The van der Waals surface area contributed by atoms with E-state index in [0.29, 0.717) is 4.67 Å². The normalized spacial score (nSPS) is 10.0. The number of imide groups is 1. The van der Waals surface area contributed by atoms with Gasteiger partial charge in [0.25, 0.3) is 23.4 Å². The monoisotopic (exact) mass is 453 g/mol. The summed E-state index contributed by atoms with van der Waals surface area (Å²) in [7, 11) is 0. The van der Waals surface area contributed by atoms with Gasteiger partial charge >= 0.3 is 5.97 Å². The van der Waals surface area contributed by atoms with Crippen molar-refractivity contribution >= 4 is 45.3 Å². The van der Waals surface area contributed by atoms with Crippen LogP contribution in [0, 0.1) is 10.1 Å². The number of carbonyl (C=O) groups is 4. The molecule has 0 aliphatic rings. The second-order valence-electron chi connectivity index (χ2n) is 5.13. The van der Waals surface area contributed by atoms with E-state index in [1.165, 1.54) is 30.3 Å². The fourth-order valence-corrected chi connectivity index (χ4v) is 2.18. The number of ether oxygens (including phenoxy) is 1. The van der Waals surface area contributed by atoms with Crippen molar-refractivity contribution in [3.05, 3.63) is 62.5 Å². The minimum Gasteiger partial charge on any atom is -0.454 e. The van der Waals surface area contributed by atoms with E-state index in [0.717, 1.165) is 6.07 Å². The van der Waals surface area contributed by atoms with Gasteiger partial charge < -0.3 is 14.5 Å². The number of hydrogen-bond donors (Lipinski definition) is 2. The summed E-state index contributed by atoms with van der Waals surface area (Å²) in [5, 5.41) is 14.8. The van der Waals surface area contributed by atoms with Crippen molar-refractivity contribution in [2.24, 2.45) is 0 Å². The number of halogens is 1. The minimum atomic E-state index is -0.939. The average Bonchev–Trinajstić information content (AvgIpc) is 3.11. The van der Waals surface area contributed by atoms with Gasteiger partial charge in [-0.15, -0.1) is 0 Å². The molecule has 12 heteroatoms. The van der Waals surface area contributed by atoms with Crippen molar-refractivity contribution in [2.45, 2.75) is 0 Å². The van der Waals surface area contributed by atoms with Crippen LogP contribution in [0.25, 0.3) is 0 Å². The van der Waals surface area contributed by atoms with E-state index in [9.17, 15) is 29.3 Å². The molecule has 0 spiro atoms. The zero-order chi connectivity index (χ0) is 20.7. The first kappa shape index (κ1) is 20.8. The lowest BCUT2D eigenvalue weighted by Crippen LogP contribution is -2.36. The summed E-state index contributed by atoms with van der Waals surface area (Å²) < 4.78 is 9.96. The Labute approximate surface area is 165 Å². The van der Waals surface area contributed by atoms with Gasteiger partial charge in [0.15, 0.2) is 17.0 Å². The summed E-state index contributed by atoms with van der Waals surface area (Å²) >= 11 is 3.03. The highest BCUT2D eigenvalue weighted by molar-refractivity contribution is 9.10. The van der Waals surface area contributed by atoms with E-state index < -0.39 is 41.8 Å². The molecule has 0 radical (unpaired) electrons. The van der Waals surface area contributed by atoms with Gasteiger partial charge in [0.05, 0.1) is 4.92 Å². The van der Waals surface area contributed by atoms with Crippen molar-refractivity contribution in [3.8, 4) is 0 Å². The molecule has 0 unspecified atom stereocenters. The van der Waals surface area contributed by atoms with Crippen LogP contribution in [-0.2, 0) is 14.3 Å². The summed E-state index contributed by atoms with van der Waals surface area (Å²) in [6, 6.07) is 7.64. The molecule has 1 aromatic heterocycles. The molecule has 2 rings (SSSR count). The van der Waals surface area contributed by atoms with Crippen LogP contribution in [0.3, 0.4) is 0 Å². The lowest BCUT2D eigenvalue weighted by molar-refractivity contribution is -0.384. The van der Waals surface area contributed by atoms with E-state index in [1.807, 2.05) is 5.32 Å². The summed E-state index contributed by atoms with van der Waals surface area (Å²) in [6.45, 7) is -1.30. The Balaban J connectivity index is 1.76. The molecule has 0 saturated carbocycles. The maximum Gasteiger partial charge on any atom is 0.325 e. The Bertz CT molecular complexity index is 939. The summed E-state index contributed by atoms with van der Waals surface area (Å²) in [6.07, 6.45) is 0. The van der Waals surface area contributed by atoms with Crippen molar-refractivity contribution in [3.63, 3.8) is 0 Å². The van der Waals surface area contributed by atoms with Crippen molar-refractivity contribution in [1.29, 1.82) is 0 Å². The van der Waals surface area contributed by atoms with Gasteiger partial charge in [-0.1, -0.05) is 6.07 Å². The Morgan fingerprint density at radius 2 is 1.89 bits per heavy atom. The van der Waals surface area contributed by atoms with E-state index in [2.05, 4.69) is 26.0 Å². The third-order valence-corrected chi connectivity index (χ3v) is 3.55. The lowest BCUT2D eigenvalue weighted by atomic mass is 10.2. The lowest BCUT2D eigenvalue weighted by Gasteiger charge is -2.06. The fourth-order valence-electron chi connectivity index (χ4n) is 1.87. The van der Waals surface area contributed by atoms with E-state index in [-0.39, 0.29) is 17.0 Å².